The van der Waals surface area contributed by atoms with Crippen molar-refractivity contribution in [1.82, 2.24) is 0 Å². The fourth-order valence-electron chi connectivity index (χ4n) is 1.71. The van der Waals surface area contributed by atoms with Crippen LogP contribution in [0.3, 0.4) is 0 Å². The highest BCUT2D eigenvalue weighted by Gasteiger charge is 2.35. The Morgan fingerprint density at radius 3 is 2.50 bits per heavy atom. The molecular weight excluding hydrogens is 254 g/mol. The van der Waals surface area contributed by atoms with E-state index in [4.69, 9.17) is 17.3 Å². The Labute approximate surface area is 111 Å². The average molecular weight is 270 g/mol. The van der Waals surface area contributed by atoms with E-state index in [-0.39, 0.29) is 17.7 Å². The molecule has 0 aliphatic rings. The number of para-hydroxylation sites is 1. The molecule has 2 atom stereocenters. The number of hydrogen-bond acceptors (Lipinski definition) is 3. The number of Topliss-reactive ketones (excluding diaryl/α,β-unsaturated/α-hetero) is 1. The first kappa shape index (κ1) is 14.5. The van der Waals surface area contributed by atoms with E-state index < -0.39 is 22.5 Å². The number of halogens is 1. The van der Waals surface area contributed by atoms with Gasteiger partial charge in [0.2, 0.25) is 5.91 Å². The minimum Gasteiger partial charge on any atom is -0.507 e. The molecule has 0 aliphatic carbocycles. The first-order valence-corrected chi connectivity index (χ1v) is 5.94. The topological polar surface area (TPSA) is 80.4 Å². The summed E-state index contributed by atoms with van der Waals surface area (Å²) in [4.78, 5) is 21.9. The van der Waals surface area contributed by atoms with E-state index in [0.717, 1.165) is 0 Å². The quantitative estimate of drug-likeness (QED) is 0.634. The van der Waals surface area contributed by atoms with Crippen LogP contribution in [0.5, 0.6) is 5.75 Å². The van der Waals surface area contributed by atoms with E-state index in [1.807, 2.05) is 0 Å². The van der Waals surface area contributed by atoms with E-state index in [1.54, 1.807) is 19.1 Å². The SMILES string of the molecule is CC(CC(C)(Cl)C(=O)c1ccccc1O)C(N)=O. The van der Waals surface area contributed by atoms with E-state index >= 15 is 0 Å². The number of amides is 1. The zero-order valence-corrected chi connectivity index (χ0v) is 11.1. The third-order valence-corrected chi connectivity index (χ3v) is 3.12. The molecule has 0 saturated heterocycles. The summed E-state index contributed by atoms with van der Waals surface area (Å²) < 4.78 is 0. The normalized spacial score (nSPS) is 15.7. The van der Waals surface area contributed by atoms with Gasteiger partial charge in [-0.05, 0) is 25.5 Å². The minimum atomic E-state index is -1.27. The first-order chi connectivity index (χ1) is 8.25. The molecule has 0 heterocycles. The second kappa shape index (κ2) is 5.40. The minimum absolute atomic E-state index is 0.122. The number of alkyl halides is 1. The van der Waals surface area contributed by atoms with Crippen LogP contribution in [-0.2, 0) is 4.79 Å². The standard InChI is InChI=1S/C13H16ClNO3/c1-8(12(15)18)7-13(2,14)11(17)9-5-3-4-6-10(9)16/h3-6,8,16H,7H2,1-2H3,(H2,15,18). The number of primary amides is 1. The lowest BCUT2D eigenvalue weighted by molar-refractivity contribution is -0.121. The molecule has 98 valence electrons. The Morgan fingerprint density at radius 1 is 1.44 bits per heavy atom. The average Bonchev–Trinajstić information content (AvgIpc) is 2.28. The van der Waals surface area contributed by atoms with Gasteiger partial charge in [0.15, 0.2) is 5.78 Å². The Balaban J connectivity index is 2.95. The van der Waals surface area contributed by atoms with Crippen LogP contribution in [0.25, 0.3) is 0 Å². The zero-order chi connectivity index (χ0) is 13.9. The number of carbonyl (C=O) groups excluding carboxylic acids is 2. The summed E-state index contributed by atoms with van der Waals surface area (Å²) in [6.45, 7) is 3.13. The molecule has 0 spiro atoms. The van der Waals surface area contributed by atoms with Gasteiger partial charge in [-0.2, -0.15) is 0 Å². The van der Waals surface area contributed by atoms with Gasteiger partial charge in [-0.25, -0.2) is 0 Å². The Bertz CT molecular complexity index is 471. The number of nitrogens with two attached hydrogens (primary N) is 1. The molecule has 1 amide bonds. The summed E-state index contributed by atoms with van der Waals surface area (Å²) in [6.07, 6.45) is 0.122. The second-order valence-corrected chi connectivity index (χ2v) is 5.39. The van der Waals surface area contributed by atoms with Gasteiger partial charge < -0.3 is 10.8 Å². The summed E-state index contributed by atoms with van der Waals surface area (Å²) in [6, 6.07) is 6.16. The van der Waals surface area contributed by atoms with E-state index in [2.05, 4.69) is 0 Å². The summed E-state index contributed by atoms with van der Waals surface area (Å²) in [5.74, 6) is -1.56. The van der Waals surface area contributed by atoms with Crippen LogP contribution in [0.15, 0.2) is 24.3 Å². The lowest BCUT2D eigenvalue weighted by Gasteiger charge is -2.23. The van der Waals surface area contributed by atoms with Gasteiger partial charge in [-0.1, -0.05) is 19.1 Å². The van der Waals surface area contributed by atoms with Crippen LogP contribution < -0.4 is 5.73 Å². The van der Waals surface area contributed by atoms with E-state index in [0.29, 0.717) is 0 Å². The maximum Gasteiger partial charge on any atom is 0.220 e. The van der Waals surface area contributed by atoms with Crippen molar-refractivity contribution >= 4 is 23.3 Å². The number of phenolic OH excluding ortho intramolecular Hbond substituents is 1. The van der Waals surface area contributed by atoms with Crippen LogP contribution in [0, 0.1) is 5.92 Å². The fourth-order valence-corrected chi connectivity index (χ4v) is 2.05. The zero-order valence-electron chi connectivity index (χ0n) is 10.3. The molecule has 0 aliphatic heterocycles. The molecular formula is C13H16ClNO3. The fraction of sp³-hybridized carbons (Fsp3) is 0.385. The highest BCUT2D eigenvalue weighted by Crippen LogP contribution is 2.31. The molecule has 0 bridgehead atoms. The van der Waals surface area contributed by atoms with E-state index in [9.17, 15) is 14.7 Å². The predicted octanol–water partition coefficient (Wildman–Crippen LogP) is 2.08. The number of ketones is 1. The van der Waals surface area contributed by atoms with Gasteiger partial charge in [0.05, 0.1) is 5.56 Å². The third kappa shape index (κ3) is 3.23. The maximum absolute atomic E-state index is 12.2. The Morgan fingerprint density at radius 2 is 2.00 bits per heavy atom. The molecule has 0 radical (unpaired) electrons. The lowest BCUT2D eigenvalue weighted by atomic mass is 9.89. The van der Waals surface area contributed by atoms with Crippen LogP contribution in [0.2, 0.25) is 0 Å². The van der Waals surface area contributed by atoms with Crippen molar-refractivity contribution in [2.75, 3.05) is 0 Å². The van der Waals surface area contributed by atoms with Crippen LogP contribution in [0.4, 0.5) is 0 Å². The molecule has 5 heteroatoms. The van der Waals surface area contributed by atoms with Crippen molar-refractivity contribution in [3.63, 3.8) is 0 Å². The third-order valence-electron chi connectivity index (χ3n) is 2.80. The monoisotopic (exact) mass is 269 g/mol. The number of carbonyl (C=O) groups is 2. The lowest BCUT2D eigenvalue weighted by Crippen LogP contribution is -2.35. The molecule has 3 N–H and O–H groups in total. The summed E-state index contributed by atoms with van der Waals surface area (Å²) in [7, 11) is 0. The van der Waals surface area contributed by atoms with E-state index in [1.165, 1.54) is 19.1 Å². The molecule has 0 aromatic heterocycles. The van der Waals surface area contributed by atoms with Gasteiger partial charge in [0, 0.05) is 5.92 Å². The van der Waals surface area contributed by atoms with Crippen LogP contribution >= 0.6 is 11.6 Å². The van der Waals surface area contributed by atoms with Crippen molar-refractivity contribution in [1.29, 1.82) is 0 Å². The van der Waals surface area contributed by atoms with Gasteiger partial charge in [0.1, 0.15) is 10.6 Å². The van der Waals surface area contributed by atoms with Crippen molar-refractivity contribution in [3.05, 3.63) is 29.8 Å². The second-order valence-electron chi connectivity index (χ2n) is 4.55. The van der Waals surface area contributed by atoms with Crippen molar-refractivity contribution in [2.24, 2.45) is 11.7 Å². The van der Waals surface area contributed by atoms with Gasteiger partial charge in [-0.3, -0.25) is 9.59 Å². The smallest absolute Gasteiger partial charge is 0.220 e. The van der Waals surface area contributed by atoms with Crippen LogP contribution in [-0.4, -0.2) is 21.7 Å². The molecule has 1 rings (SSSR count). The van der Waals surface area contributed by atoms with Gasteiger partial charge in [-0.15, -0.1) is 11.6 Å². The van der Waals surface area contributed by atoms with Crippen molar-refractivity contribution in [3.8, 4) is 5.75 Å². The van der Waals surface area contributed by atoms with Crippen molar-refractivity contribution < 1.29 is 14.7 Å². The number of phenols is 1. The molecule has 4 nitrogen and oxygen atoms in total. The number of hydrogen-bond donors (Lipinski definition) is 2. The number of aromatic hydroxyl groups is 1. The predicted molar refractivity (Wildman–Crippen MR) is 69.7 cm³/mol. The first-order valence-electron chi connectivity index (χ1n) is 5.56. The largest absolute Gasteiger partial charge is 0.507 e. The summed E-state index contributed by atoms with van der Waals surface area (Å²) in [5.41, 5.74) is 5.30. The molecule has 1 aromatic rings. The highest BCUT2D eigenvalue weighted by molar-refractivity contribution is 6.38. The summed E-state index contributed by atoms with van der Waals surface area (Å²) >= 11 is 6.16. The van der Waals surface area contributed by atoms with Gasteiger partial charge in [0.25, 0.3) is 0 Å². The molecule has 2 unspecified atom stereocenters. The van der Waals surface area contributed by atoms with Crippen LogP contribution in [0.1, 0.15) is 30.6 Å². The Hall–Kier alpha value is -1.55. The maximum atomic E-state index is 12.2. The number of rotatable bonds is 5. The van der Waals surface area contributed by atoms with Gasteiger partial charge >= 0.3 is 0 Å². The molecule has 18 heavy (non-hydrogen) atoms. The summed E-state index contributed by atoms with van der Waals surface area (Å²) in [5, 5.41) is 9.62. The highest BCUT2D eigenvalue weighted by atomic mass is 35.5. The number of benzene rings is 1. The molecule has 1 aromatic carbocycles. The van der Waals surface area contributed by atoms with Crippen molar-refractivity contribution in [2.45, 2.75) is 25.1 Å². The Kier molecular flexibility index (Phi) is 4.35. The molecule has 0 fully saturated rings. The molecule has 0 saturated carbocycles.